The summed E-state index contributed by atoms with van der Waals surface area (Å²) in [6.45, 7) is 2.04. The van der Waals surface area contributed by atoms with Crippen molar-refractivity contribution in [2.24, 2.45) is 0 Å². The Balaban J connectivity index is 1.37. The maximum atomic E-state index is 5.83. The molecule has 1 atom stereocenters. The minimum atomic E-state index is 0.0236. The van der Waals surface area contributed by atoms with Crippen molar-refractivity contribution in [1.29, 1.82) is 0 Å². The van der Waals surface area contributed by atoms with Gasteiger partial charge in [0, 0.05) is 11.6 Å². The van der Waals surface area contributed by atoms with Gasteiger partial charge in [-0.05, 0) is 31.9 Å². The van der Waals surface area contributed by atoms with Crippen LogP contribution in [0.5, 0.6) is 0 Å². The highest BCUT2D eigenvalue weighted by atomic mass is 32.2. The molecule has 0 spiro atoms. The molecule has 6 nitrogen and oxygen atoms in total. The van der Waals surface area contributed by atoms with Crippen LogP contribution in [0, 0.1) is 0 Å². The zero-order valence-electron chi connectivity index (χ0n) is 14.6. The third-order valence-corrected chi connectivity index (χ3v) is 6.45. The first kappa shape index (κ1) is 17.5. The van der Waals surface area contributed by atoms with Gasteiger partial charge in [-0.15, -0.1) is 20.4 Å². The second kappa shape index (κ2) is 8.18. The summed E-state index contributed by atoms with van der Waals surface area (Å²) in [4.78, 5) is 0. The largest absolute Gasteiger partial charge is 0.419 e. The molecule has 26 heavy (non-hydrogen) atoms. The highest BCUT2D eigenvalue weighted by Gasteiger charge is 2.20. The van der Waals surface area contributed by atoms with E-state index in [1.165, 1.54) is 32.1 Å². The van der Waals surface area contributed by atoms with E-state index in [-0.39, 0.29) is 5.25 Å². The van der Waals surface area contributed by atoms with Gasteiger partial charge in [0.05, 0.1) is 5.25 Å². The second-order valence-electron chi connectivity index (χ2n) is 6.42. The lowest BCUT2D eigenvalue weighted by Gasteiger charge is -2.21. The van der Waals surface area contributed by atoms with Crippen LogP contribution in [0.15, 0.2) is 39.1 Å². The minimum Gasteiger partial charge on any atom is -0.419 e. The highest BCUT2D eigenvalue weighted by molar-refractivity contribution is 8.01. The van der Waals surface area contributed by atoms with Crippen LogP contribution in [-0.2, 0) is 0 Å². The van der Waals surface area contributed by atoms with Gasteiger partial charge in [-0.3, -0.25) is 0 Å². The number of nitrogens with zero attached hydrogens (tertiary/aromatic N) is 4. The molecule has 2 aromatic heterocycles. The maximum Gasteiger partial charge on any atom is 0.247 e. The third-order valence-electron chi connectivity index (χ3n) is 4.43. The van der Waals surface area contributed by atoms with Crippen molar-refractivity contribution in [3.8, 4) is 11.5 Å². The predicted octanol–water partition coefficient (Wildman–Crippen LogP) is 5.19. The molecule has 0 radical (unpaired) electrons. The summed E-state index contributed by atoms with van der Waals surface area (Å²) in [6.07, 6.45) is 6.40. The fourth-order valence-corrected chi connectivity index (χ4v) is 5.04. The summed E-state index contributed by atoms with van der Waals surface area (Å²) in [5.41, 5.74) is 0.929. The van der Waals surface area contributed by atoms with E-state index in [2.05, 4.69) is 25.7 Å². The van der Waals surface area contributed by atoms with E-state index < -0.39 is 0 Å². The van der Waals surface area contributed by atoms with Gasteiger partial charge in [-0.25, -0.2) is 0 Å². The van der Waals surface area contributed by atoms with Gasteiger partial charge >= 0.3 is 0 Å². The lowest BCUT2D eigenvalue weighted by molar-refractivity contribution is 0.462. The van der Waals surface area contributed by atoms with Gasteiger partial charge in [-0.2, -0.15) is 0 Å². The summed E-state index contributed by atoms with van der Waals surface area (Å²) < 4.78 is 6.74. The summed E-state index contributed by atoms with van der Waals surface area (Å²) in [6, 6.07) is 10.3. The van der Waals surface area contributed by atoms with Crippen LogP contribution < -0.4 is 5.32 Å². The summed E-state index contributed by atoms with van der Waals surface area (Å²) >= 11 is 3.19. The van der Waals surface area contributed by atoms with E-state index in [9.17, 15) is 0 Å². The van der Waals surface area contributed by atoms with E-state index in [0.717, 1.165) is 15.0 Å². The highest BCUT2D eigenvalue weighted by Crippen LogP contribution is 2.38. The maximum absolute atomic E-state index is 5.83. The molecule has 1 aliphatic rings. The molecule has 0 amide bonds. The molecule has 0 bridgehead atoms. The molecule has 0 aliphatic heterocycles. The Bertz CT molecular complexity index is 829. The van der Waals surface area contributed by atoms with Crippen LogP contribution in [0.4, 0.5) is 5.13 Å². The smallest absolute Gasteiger partial charge is 0.247 e. The summed E-state index contributed by atoms with van der Waals surface area (Å²) in [5.74, 6) is 1.15. The molecule has 3 aromatic rings. The Labute approximate surface area is 160 Å². The topological polar surface area (TPSA) is 76.7 Å². The molecule has 2 heterocycles. The Morgan fingerprint density at radius 1 is 1.08 bits per heavy atom. The lowest BCUT2D eigenvalue weighted by atomic mass is 9.96. The van der Waals surface area contributed by atoms with Crippen molar-refractivity contribution >= 4 is 28.2 Å². The summed E-state index contributed by atoms with van der Waals surface area (Å²) in [7, 11) is 0. The van der Waals surface area contributed by atoms with Crippen molar-refractivity contribution in [2.45, 2.75) is 54.7 Å². The molecule has 1 fully saturated rings. The average molecular weight is 388 g/mol. The van der Waals surface area contributed by atoms with Crippen molar-refractivity contribution in [1.82, 2.24) is 20.4 Å². The van der Waals surface area contributed by atoms with Crippen LogP contribution in [-0.4, -0.2) is 26.4 Å². The monoisotopic (exact) mass is 387 g/mol. The van der Waals surface area contributed by atoms with E-state index in [1.54, 1.807) is 23.1 Å². The number of thioether (sulfide) groups is 1. The minimum absolute atomic E-state index is 0.0236. The van der Waals surface area contributed by atoms with Crippen LogP contribution in [0.1, 0.15) is 50.2 Å². The Morgan fingerprint density at radius 3 is 2.69 bits per heavy atom. The Morgan fingerprint density at radius 2 is 1.88 bits per heavy atom. The van der Waals surface area contributed by atoms with Crippen LogP contribution in [0.25, 0.3) is 11.5 Å². The zero-order valence-corrected chi connectivity index (χ0v) is 16.2. The van der Waals surface area contributed by atoms with Crippen LogP contribution >= 0.6 is 23.1 Å². The van der Waals surface area contributed by atoms with E-state index in [4.69, 9.17) is 4.42 Å². The molecule has 136 valence electrons. The second-order valence-corrected chi connectivity index (χ2v) is 8.99. The number of hydrogen-bond acceptors (Lipinski definition) is 8. The first-order valence-electron chi connectivity index (χ1n) is 8.93. The predicted molar refractivity (Wildman–Crippen MR) is 104 cm³/mol. The van der Waals surface area contributed by atoms with Crippen LogP contribution in [0.2, 0.25) is 0 Å². The first-order valence-corrected chi connectivity index (χ1v) is 10.6. The molecular formula is C18H21N5OS2. The summed E-state index contributed by atoms with van der Waals surface area (Å²) in [5, 5.41) is 21.4. The molecule has 1 aromatic carbocycles. The van der Waals surface area contributed by atoms with Crippen LogP contribution in [0.3, 0.4) is 0 Å². The molecule has 1 saturated carbocycles. The number of aromatic nitrogens is 4. The number of hydrogen-bond donors (Lipinski definition) is 1. The number of benzene rings is 1. The molecule has 0 saturated heterocycles. The number of nitrogens with one attached hydrogen (secondary N) is 1. The number of rotatable bonds is 6. The molecular weight excluding hydrogens is 366 g/mol. The molecule has 1 N–H and O–H groups in total. The molecule has 8 heteroatoms. The third kappa shape index (κ3) is 4.24. The van der Waals surface area contributed by atoms with Gasteiger partial charge < -0.3 is 9.73 Å². The van der Waals surface area contributed by atoms with Crippen molar-refractivity contribution in [3.05, 3.63) is 36.2 Å². The van der Waals surface area contributed by atoms with Crippen molar-refractivity contribution in [2.75, 3.05) is 5.32 Å². The zero-order chi connectivity index (χ0) is 17.8. The SMILES string of the molecule is C[C@H](Sc1nnc(NC2CCCCC2)s1)c1nnc(-c2ccccc2)o1. The fraction of sp³-hybridized carbons (Fsp3) is 0.444. The Hall–Kier alpha value is -1.93. The standard InChI is InChI=1S/C18H21N5OS2/c1-12(15-20-21-16(24-15)13-8-4-2-5-9-13)25-18-23-22-17(26-18)19-14-10-6-3-7-11-14/h2,4-5,8-9,12,14H,3,6-7,10-11H2,1H3,(H,19,22)/t12-/m0/s1. The fourth-order valence-electron chi connectivity index (χ4n) is 3.04. The van der Waals surface area contributed by atoms with Gasteiger partial charge in [0.25, 0.3) is 0 Å². The van der Waals surface area contributed by atoms with E-state index in [0.29, 0.717) is 17.8 Å². The normalized spacial score (nSPS) is 16.5. The van der Waals surface area contributed by atoms with Gasteiger partial charge in [0.15, 0.2) is 4.34 Å². The van der Waals surface area contributed by atoms with E-state index >= 15 is 0 Å². The Kier molecular flexibility index (Phi) is 5.50. The van der Waals surface area contributed by atoms with Gasteiger partial charge in [0.2, 0.25) is 16.9 Å². The number of anilines is 1. The quantitative estimate of drug-likeness (QED) is 0.583. The lowest BCUT2D eigenvalue weighted by Crippen LogP contribution is -2.21. The first-order chi connectivity index (χ1) is 12.8. The molecule has 1 aliphatic carbocycles. The van der Waals surface area contributed by atoms with Crippen molar-refractivity contribution < 1.29 is 4.42 Å². The molecule has 0 unspecified atom stereocenters. The van der Waals surface area contributed by atoms with E-state index in [1.807, 2.05) is 37.3 Å². The molecule has 4 rings (SSSR count). The van der Waals surface area contributed by atoms with Gasteiger partial charge in [0.1, 0.15) is 0 Å². The van der Waals surface area contributed by atoms with Crippen molar-refractivity contribution in [3.63, 3.8) is 0 Å². The van der Waals surface area contributed by atoms with Gasteiger partial charge in [-0.1, -0.05) is 60.6 Å². The average Bonchev–Trinajstić information content (AvgIpc) is 3.33.